The van der Waals surface area contributed by atoms with Gasteiger partial charge >= 0.3 is 0 Å². The van der Waals surface area contributed by atoms with Gasteiger partial charge in [0.2, 0.25) is 0 Å². The lowest BCUT2D eigenvalue weighted by Crippen LogP contribution is -2.28. The van der Waals surface area contributed by atoms with Gasteiger partial charge in [0.1, 0.15) is 5.84 Å². The molecule has 0 atom stereocenters. The van der Waals surface area contributed by atoms with Gasteiger partial charge in [0.15, 0.2) is 0 Å². The molecule has 0 N–H and O–H groups in total. The van der Waals surface area contributed by atoms with Crippen molar-refractivity contribution in [1.29, 1.82) is 0 Å². The summed E-state index contributed by atoms with van der Waals surface area (Å²) in [5.41, 5.74) is 6.07. The number of hydrogen-bond donors (Lipinski definition) is 0. The summed E-state index contributed by atoms with van der Waals surface area (Å²) in [5, 5.41) is 0. The van der Waals surface area contributed by atoms with Gasteiger partial charge in [-0.3, -0.25) is 0 Å². The van der Waals surface area contributed by atoms with Crippen molar-refractivity contribution in [3.05, 3.63) is 65.2 Å². The second kappa shape index (κ2) is 9.51. The van der Waals surface area contributed by atoms with Crippen LogP contribution in [0.1, 0.15) is 64.2 Å². The van der Waals surface area contributed by atoms with Gasteiger partial charge in [0.05, 0.1) is 5.69 Å². The molecule has 0 heterocycles. The maximum absolute atomic E-state index is 5.22. The molecule has 2 aromatic carbocycles. The van der Waals surface area contributed by atoms with Gasteiger partial charge in [-0.1, -0.05) is 89.6 Å². The zero-order valence-electron chi connectivity index (χ0n) is 18.2. The van der Waals surface area contributed by atoms with Crippen LogP contribution in [0.4, 0.5) is 5.69 Å². The zero-order valence-corrected chi connectivity index (χ0v) is 19.1. The van der Waals surface area contributed by atoms with Crippen molar-refractivity contribution in [2.45, 2.75) is 65.7 Å². The molecule has 27 heavy (non-hydrogen) atoms. The highest BCUT2D eigenvalue weighted by Crippen LogP contribution is 2.49. The Kier molecular flexibility index (Phi) is 7.62. The van der Waals surface area contributed by atoms with E-state index in [-0.39, 0.29) is 8.07 Å². The lowest BCUT2D eigenvalue weighted by atomic mass is 10.0. The van der Waals surface area contributed by atoms with E-state index in [4.69, 9.17) is 4.99 Å². The van der Waals surface area contributed by atoms with Gasteiger partial charge < -0.3 is 4.67 Å². The Morgan fingerprint density at radius 2 is 1.41 bits per heavy atom. The first-order chi connectivity index (χ1) is 12.7. The number of aliphatic imine (C=N–C) groups is 1. The van der Waals surface area contributed by atoms with E-state index in [0.717, 1.165) is 11.5 Å². The molecule has 146 valence electrons. The van der Waals surface area contributed by atoms with Gasteiger partial charge in [-0.25, -0.2) is 4.99 Å². The summed E-state index contributed by atoms with van der Waals surface area (Å²) in [6.07, 6.45) is 0. The highest BCUT2D eigenvalue weighted by atomic mass is 31.1. The van der Waals surface area contributed by atoms with E-state index in [1.54, 1.807) is 0 Å². The highest BCUT2D eigenvalue weighted by Gasteiger charge is 2.25. The first kappa shape index (κ1) is 21.6. The molecule has 2 nitrogen and oxygen atoms in total. The number of para-hydroxylation sites is 1. The maximum atomic E-state index is 5.22. The summed E-state index contributed by atoms with van der Waals surface area (Å²) in [5.74, 6) is 1.53. The Morgan fingerprint density at radius 1 is 0.852 bits per heavy atom. The minimum absolute atomic E-state index is 0.329. The monoisotopic (exact) mass is 382 g/mol. The lowest BCUT2D eigenvalue weighted by Gasteiger charge is -2.37. The zero-order chi connectivity index (χ0) is 20.1. The summed E-state index contributed by atoms with van der Waals surface area (Å²) in [6.45, 7) is 15.9. The molecule has 0 unspecified atom stereocenters. The van der Waals surface area contributed by atoms with E-state index in [1.807, 2.05) is 0 Å². The van der Waals surface area contributed by atoms with Crippen LogP contribution in [0.25, 0.3) is 0 Å². The Balaban J connectivity index is 2.62. The Labute approximate surface area is 167 Å². The van der Waals surface area contributed by atoms with Gasteiger partial charge in [0, 0.05) is 12.6 Å². The minimum atomic E-state index is -0.329. The second-order valence-corrected chi connectivity index (χ2v) is 11.5. The molecule has 0 aromatic heterocycles. The molecule has 0 fully saturated rings. The van der Waals surface area contributed by atoms with Gasteiger partial charge in [-0.2, -0.15) is 0 Å². The molecule has 0 amide bonds. The molecule has 2 aromatic rings. The third-order valence-electron chi connectivity index (χ3n) is 4.81. The molecule has 0 radical (unpaired) electrons. The fourth-order valence-corrected chi connectivity index (χ4v) is 6.57. The fraction of sp³-hybridized carbons (Fsp3) is 0.458. The Morgan fingerprint density at radius 3 is 1.93 bits per heavy atom. The van der Waals surface area contributed by atoms with Crippen molar-refractivity contribution in [1.82, 2.24) is 4.67 Å². The van der Waals surface area contributed by atoms with E-state index in [2.05, 4.69) is 109 Å². The molecular formula is C24H35N2P. The van der Waals surface area contributed by atoms with Crippen molar-refractivity contribution in [3.8, 4) is 0 Å². The van der Waals surface area contributed by atoms with Crippen LogP contribution in [0.15, 0.2) is 53.5 Å². The molecular weight excluding hydrogens is 347 g/mol. The number of benzene rings is 2. The van der Waals surface area contributed by atoms with Crippen molar-refractivity contribution < 1.29 is 0 Å². The van der Waals surface area contributed by atoms with E-state index in [9.17, 15) is 0 Å². The Bertz CT molecular complexity index is 752. The number of rotatable bonds is 6. The minimum Gasteiger partial charge on any atom is -0.338 e. The fourth-order valence-electron chi connectivity index (χ4n) is 3.62. The largest absolute Gasteiger partial charge is 0.338 e. The summed E-state index contributed by atoms with van der Waals surface area (Å²) < 4.78 is 2.45. The van der Waals surface area contributed by atoms with E-state index < -0.39 is 0 Å². The van der Waals surface area contributed by atoms with Crippen LogP contribution >= 0.6 is 8.07 Å². The van der Waals surface area contributed by atoms with Gasteiger partial charge in [-0.05, 0) is 43.9 Å². The standard InChI is InChI=1S/C24H35N2P/c1-17(2)22-11-9-10-12-23(22)25-24(21-15-13-20(7)14-16-21)26(8)27(18(3)4)19(5)6/h9-19H,1-8H3/b25-24+. The average Bonchev–Trinajstić information content (AvgIpc) is 2.60. The highest BCUT2D eigenvalue weighted by molar-refractivity contribution is 7.57. The predicted molar refractivity (Wildman–Crippen MR) is 123 cm³/mol. The summed E-state index contributed by atoms with van der Waals surface area (Å²) >= 11 is 0. The van der Waals surface area contributed by atoms with E-state index in [1.165, 1.54) is 16.7 Å². The van der Waals surface area contributed by atoms with Crippen LogP contribution in [-0.2, 0) is 0 Å². The normalized spacial score (nSPS) is 12.5. The summed E-state index contributed by atoms with van der Waals surface area (Å²) in [7, 11) is 1.90. The molecule has 2 rings (SSSR count). The van der Waals surface area contributed by atoms with Crippen molar-refractivity contribution in [2.75, 3.05) is 7.05 Å². The van der Waals surface area contributed by atoms with Crippen LogP contribution in [0, 0.1) is 6.92 Å². The summed E-state index contributed by atoms with van der Waals surface area (Å²) in [6, 6.07) is 17.3. The maximum Gasteiger partial charge on any atom is 0.139 e. The third-order valence-corrected chi connectivity index (χ3v) is 7.80. The molecule has 3 heteroatoms. The second-order valence-electron chi connectivity index (χ2n) is 8.11. The lowest BCUT2D eigenvalue weighted by molar-refractivity contribution is 0.768. The predicted octanol–water partition coefficient (Wildman–Crippen LogP) is 7.34. The van der Waals surface area contributed by atoms with Gasteiger partial charge in [0.25, 0.3) is 0 Å². The first-order valence-corrected chi connectivity index (χ1v) is 11.4. The van der Waals surface area contributed by atoms with Crippen LogP contribution in [0.5, 0.6) is 0 Å². The molecule has 0 spiro atoms. The SMILES string of the molecule is Cc1ccc(/C(=N\c2ccccc2C(C)C)N(C)P(C(C)C)C(C)C)cc1. The number of aryl methyl sites for hydroxylation is 1. The van der Waals surface area contributed by atoms with Crippen LogP contribution in [0.3, 0.4) is 0 Å². The number of amidine groups is 1. The average molecular weight is 383 g/mol. The number of nitrogens with zero attached hydrogens (tertiary/aromatic N) is 2. The molecule has 0 aliphatic carbocycles. The number of hydrogen-bond acceptors (Lipinski definition) is 1. The van der Waals surface area contributed by atoms with E-state index >= 15 is 0 Å². The first-order valence-electron chi connectivity index (χ1n) is 9.99. The van der Waals surface area contributed by atoms with E-state index in [0.29, 0.717) is 17.2 Å². The molecule has 0 bridgehead atoms. The van der Waals surface area contributed by atoms with Crippen LogP contribution in [0.2, 0.25) is 0 Å². The summed E-state index contributed by atoms with van der Waals surface area (Å²) in [4.78, 5) is 5.22. The van der Waals surface area contributed by atoms with Crippen molar-refractivity contribution in [3.63, 3.8) is 0 Å². The van der Waals surface area contributed by atoms with Crippen LogP contribution < -0.4 is 0 Å². The topological polar surface area (TPSA) is 15.6 Å². The molecule has 0 saturated carbocycles. The third kappa shape index (κ3) is 5.42. The molecule has 0 saturated heterocycles. The van der Waals surface area contributed by atoms with Crippen LogP contribution in [-0.4, -0.2) is 28.9 Å². The molecule has 0 aliphatic heterocycles. The van der Waals surface area contributed by atoms with Crippen molar-refractivity contribution >= 4 is 19.6 Å². The molecule has 0 aliphatic rings. The van der Waals surface area contributed by atoms with Gasteiger partial charge in [-0.15, -0.1) is 0 Å². The Hall–Kier alpha value is -1.66. The quantitative estimate of drug-likeness (QED) is 0.290. The smallest absolute Gasteiger partial charge is 0.139 e. The van der Waals surface area contributed by atoms with Crippen molar-refractivity contribution in [2.24, 2.45) is 4.99 Å².